The summed E-state index contributed by atoms with van der Waals surface area (Å²) in [6.45, 7) is 0. The lowest BCUT2D eigenvalue weighted by Gasteiger charge is -2.19. The fourth-order valence-corrected chi connectivity index (χ4v) is 2.01. The number of aliphatic carboxylic acids is 1. The zero-order valence-corrected chi connectivity index (χ0v) is 8.87. The lowest BCUT2D eigenvalue weighted by Crippen LogP contribution is -2.29. The monoisotopic (exact) mass is 225 g/mol. The van der Waals surface area contributed by atoms with Crippen LogP contribution in [-0.2, 0) is 4.79 Å². The van der Waals surface area contributed by atoms with Crippen LogP contribution >= 0.6 is 11.6 Å². The average Bonchev–Trinajstić information content (AvgIpc) is 2.97. The molecule has 2 rings (SSSR count). The van der Waals surface area contributed by atoms with Crippen molar-refractivity contribution in [3.63, 3.8) is 0 Å². The molecule has 80 valence electrons. The summed E-state index contributed by atoms with van der Waals surface area (Å²) in [6, 6.07) is 6.62. The maximum atomic E-state index is 11.1. The molecule has 3 nitrogen and oxygen atoms in total. The molecule has 1 aliphatic rings. The van der Waals surface area contributed by atoms with E-state index in [1.165, 1.54) is 0 Å². The van der Waals surface area contributed by atoms with Crippen molar-refractivity contribution in [2.75, 3.05) is 0 Å². The third-order valence-corrected chi connectivity index (χ3v) is 3.25. The van der Waals surface area contributed by atoms with Gasteiger partial charge in [0.15, 0.2) is 0 Å². The molecule has 4 heteroatoms. The first kappa shape index (κ1) is 10.5. The fraction of sp³-hybridized carbons (Fsp3) is 0.364. The van der Waals surface area contributed by atoms with Crippen LogP contribution in [0.4, 0.5) is 0 Å². The lowest BCUT2D eigenvalue weighted by atomic mass is 9.91. The second-order valence-corrected chi connectivity index (χ2v) is 4.43. The van der Waals surface area contributed by atoms with Crippen LogP contribution < -0.4 is 5.73 Å². The Morgan fingerprint density at radius 1 is 1.53 bits per heavy atom. The highest BCUT2D eigenvalue weighted by atomic mass is 35.5. The highest BCUT2D eigenvalue weighted by Gasteiger charge is 2.55. The van der Waals surface area contributed by atoms with Gasteiger partial charge in [-0.25, -0.2) is 0 Å². The van der Waals surface area contributed by atoms with Gasteiger partial charge in [0.25, 0.3) is 0 Å². The van der Waals surface area contributed by atoms with Gasteiger partial charge in [-0.2, -0.15) is 0 Å². The quantitative estimate of drug-likeness (QED) is 0.829. The van der Waals surface area contributed by atoms with Gasteiger partial charge in [-0.1, -0.05) is 23.7 Å². The zero-order chi connectivity index (χ0) is 11.1. The van der Waals surface area contributed by atoms with Crippen LogP contribution in [-0.4, -0.2) is 11.1 Å². The molecule has 0 bridgehead atoms. The van der Waals surface area contributed by atoms with E-state index in [4.69, 9.17) is 22.4 Å². The molecule has 0 aromatic heterocycles. The molecule has 0 amide bonds. The van der Waals surface area contributed by atoms with E-state index >= 15 is 0 Å². The minimum absolute atomic E-state index is 0.464. The van der Waals surface area contributed by atoms with E-state index in [1.807, 2.05) is 6.07 Å². The van der Waals surface area contributed by atoms with Crippen LogP contribution in [0.3, 0.4) is 0 Å². The number of nitrogens with two attached hydrogens (primary N) is 1. The van der Waals surface area contributed by atoms with Crippen LogP contribution in [0.1, 0.15) is 24.4 Å². The molecule has 15 heavy (non-hydrogen) atoms. The van der Waals surface area contributed by atoms with Crippen LogP contribution in [0.25, 0.3) is 0 Å². The zero-order valence-electron chi connectivity index (χ0n) is 8.11. The van der Waals surface area contributed by atoms with Crippen LogP contribution in [0.5, 0.6) is 0 Å². The molecular formula is C11H12ClNO2. The molecular weight excluding hydrogens is 214 g/mol. The SMILES string of the molecule is NC(c1cccc(Cl)c1)C1(C(=O)O)CC1. The maximum Gasteiger partial charge on any atom is 0.311 e. The number of benzene rings is 1. The van der Waals surface area contributed by atoms with E-state index < -0.39 is 17.4 Å². The van der Waals surface area contributed by atoms with Crippen molar-refractivity contribution in [1.29, 1.82) is 0 Å². The molecule has 0 aliphatic heterocycles. The van der Waals surface area contributed by atoms with Crippen molar-refractivity contribution in [3.8, 4) is 0 Å². The van der Waals surface area contributed by atoms with Gasteiger partial charge < -0.3 is 10.8 Å². The summed E-state index contributed by atoms with van der Waals surface area (Å²) in [7, 11) is 0. The second-order valence-electron chi connectivity index (χ2n) is 3.99. The number of carboxylic acids is 1. The first-order valence-corrected chi connectivity index (χ1v) is 5.18. The van der Waals surface area contributed by atoms with E-state index in [2.05, 4.69) is 0 Å². The van der Waals surface area contributed by atoms with Gasteiger partial charge in [-0.15, -0.1) is 0 Å². The van der Waals surface area contributed by atoms with Crippen molar-refractivity contribution < 1.29 is 9.90 Å². The van der Waals surface area contributed by atoms with Gasteiger partial charge in [0.05, 0.1) is 5.41 Å². The third kappa shape index (κ3) is 1.73. The van der Waals surface area contributed by atoms with Crippen LogP contribution in [0.15, 0.2) is 24.3 Å². The number of carboxylic acid groups (broad SMARTS) is 1. The maximum absolute atomic E-state index is 11.1. The largest absolute Gasteiger partial charge is 0.481 e. The molecule has 1 aliphatic carbocycles. The fourth-order valence-electron chi connectivity index (χ4n) is 1.81. The average molecular weight is 226 g/mol. The Balaban J connectivity index is 2.29. The molecule has 1 saturated carbocycles. The number of halogens is 1. The highest BCUT2D eigenvalue weighted by molar-refractivity contribution is 6.30. The molecule has 0 spiro atoms. The summed E-state index contributed by atoms with van der Waals surface area (Å²) >= 11 is 5.84. The van der Waals surface area contributed by atoms with Gasteiger partial charge in [-0.05, 0) is 30.5 Å². The molecule has 0 saturated heterocycles. The minimum atomic E-state index is -0.810. The first-order chi connectivity index (χ1) is 7.06. The summed E-state index contributed by atoms with van der Waals surface area (Å²) in [4.78, 5) is 11.1. The standard InChI is InChI=1S/C11H12ClNO2/c12-8-3-1-2-7(6-8)9(13)11(4-5-11)10(14)15/h1-3,6,9H,4-5,13H2,(H,14,15). The number of hydrogen-bond acceptors (Lipinski definition) is 2. The lowest BCUT2D eigenvalue weighted by molar-refractivity contribution is -0.144. The third-order valence-electron chi connectivity index (χ3n) is 3.02. The summed E-state index contributed by atoms with van der Waals surface area (Å²) < 4.78 is 0. The van der Waals surface area contributed by atoms with Gasteiger partial charge in [0.2, 0.25) is 0 Å². The predicted molar refractivity (Wildman–Crippen MR) is 57.7 cm³/mol. The molecule has 3 N–H and O–H groups in total. The molecule has 1 aromatic rings. The van der Waals surface area contributed by atoms with Crippen molar-refractivity contribution >= 4 is 17.6 Å². The smallest absolute Gasteiger partial charge is 0.311 e. The second kappa shape index (κ2) is 3.51. The van der Waals surface area contributed by atoms with Crippen molar-refractivity contribution in [2.45, 2.75) is 18.9 Å². The minimum Gasteiger partial charge on any atom is -0.481 e. The van der Waals surface area contributed by atoms with Gasteiger partial charge in [-0.3, -0.25) is 4.79 Å². The highest BCUT2D eigenvalue weighted by Crippen LogP contribution is 2.54. The van der Waals surface area contributed by atoms with Crippen molar-refractivity contribution in [3.05, 3.63) is 34.9 Å². The number of rotatable bonds is 3. The van der Waals surface area contributed by atoms with E-state index in [0.29, 0.717) is 17.9 Å². The van der Waals surface area contributed by atoms with E-state index in [9.17, 15) is 4.79 Å². The normalized spacial score (nSPS) is 19.6. The molecule has 1 fully saturated rings. The first-order valence-electron chi connectivity index (χ1n) is 4.81. The van der Waals surface area contributed by atoms with Gasteiger partial charge >= 0.3 is 5.97 Å². The summed E-state index contributed by atoms with van der Waals surface area (Å²) in [5.41, 5.74) is 6.00. The summed E-state index contributed by atoms with van der Waals surface area (Å²) in [6.07, 6.45) is 1.30. The van der Waals surface area contributed by atoms with E-state index in [1.54, 1.807) is 18.2 Å². The molecule has 1 atom stereocenters. The Bertz CT molecular complexity index is 401. The Hall–Kier alpha value is -1.06. The van der Waals surface area contributed by atoms with Crippen molar-refractivity contribution in [1.82, 2.24) is 0 Å². The van der Waals surface area contributed by atoms with Crippen molar-refractivity contribution in [2.24, 2.45) is 11.1 Å². The molecule has 1 aromatic carbocycles. The van der Waals surface area contributed by atoms with E-state index in [-0.39, 0.29) is 0 Å². The Kier molecular flexibility index (Phi) is 2.44. The topological polar surface area (TPSA) is 63.3 Å². The van der Waals surface area contributed by atoms with Crippen LogP contribution in [0, 0.1) is 5.41 Å². The Morgan fingerprint density at radius 2 is 2.20 bits per heavy atom. The predicted octanol–water partition coefficient (Wildman–Crippen LogP) is 2.20. The number of hydrogen-bond donors (Lipinski definition) is 2. The summed E-state index contributed by atoms with van der Waals surface area (Å²) in [5, 5.41) is 9.68. The van der Waals surface area contributed by atoms with Crippen LogP contribution in [0.2, 0.25) is 5.02 Å². The molecule has 0 heterocycles. The molecule has 1 unspecified atom stereocenters. The number of carbonyl (C=O) groups is 1. The molecule has 0 radical (unpaired) electrons. The Morgan fingerprint density at radius 3 is 2.67 bits per heavy atom. The Labute approximate surface area is 92.8 Å². The summed E-state index contributed by atoms with van der Waals surface area (Å²) in [5.74, 6) is -0.810. The van der Waals surface area contributed by atoms with Gasteiger partial charge in [0, 0.05) is 11.1 Å². The van der Waals surface area contributed by atoms with Gasteiger partial charge in [0.1, 0.15) is 0 Å². The van der Waals surface area contributed by atoms with E-state index in [0.717, 1.165) is 5.56 Å².